The molecule has 1 aromatic heterocycles. The summed E-state index contributed by atoms with van der Waals surface area (Å²) in [4.78, 5) is 13.3. The highest BCUT2D eigenvalue weighted by atomic mass is 35.5. The topological polar surface area (TPSA) is 68.7 Å². The number of nitrogens with zero attached hydrogens (tertiary/aromatic N) is 1. The van der Waals surface area contributed by atoms with Crippen LogP contribution in [0.15, 0.2) is 16.7 Å². The number of halogens is 2. The number of ether oxygens (including phenoxy) is 1. The van der Waals surface area contributed by atoms with Crippen LogP contribution in [0.4, 0.5) is 0 Å². The van der Waals surface area contributed by atoms with Crippen LogP contribution in [0.2, 0.25) is 0 Å². The molecule has 0 saturated heterocycles. The Hall–Kier alpha value is -0.750. The van der Waals surface area contributed by atoms with Crippen LogP contribution in [0.1, 0.15) is 23.0 Å². The van der Waals surface area contributed by atoms with E-state index in [1.807, 2.05) is 0 Å². The van der Waals surface area contributed by atoms with Gasteiger partial charge in [-0.05, 0) is 12.6 Å². The maximum Gasteiger partial charge on any atom is 0.341 e. The number of nitrogens with two attached hydrogens (primary N) is 1. The molecule has 1 heterocycles. The molecule has 0 aromatic carbocycles. The summed E-state index contributed by atoms with van der Waals surface area (Å²) in [5.41, 5.74) is 5.93. The molecule has 0 aliphatic heterocycles. The number of rotatable bonds is 6. The fourth-order valence-electron chi connectivity index (χ4n) is 1.44. The van der Waals surface area contributed by atoms with Gasteiger partial charge in [-0.3, -0.25) is 4.90 Å². The van der Waals surface area contributed by atoms with Gasteiger partial charge in [-0.15, -0.1) is 24.8 Å². The second-order valence-electron chi connectivity index (χ2n) is 3.45. The molecule has 0 spiro atoms. The van der Waals surface area contributed by atoms with Crippen LogP contribution in [0, 0.1) is 0 Å². The first-order chi connectivity index (χ1) is 7.71. The van der Waals surface area contributed by atoms with E-state index in [2.05, 4.69) is 16.6 Å². The van der Waals surface area contributed by atoms with Crippen molar-refractivity contribution in [3.05, 3.63) is 23.7 Å². The van der Waals surface area contributed by atoms with E-state index >= 15 is 0 Å². The van der Waals surface area contributed by atoms with Crippen LogP contribution >= 0.6 is 24.8 Å². The third kappa shape index (κ3) is 5.73. The molecule has 1 aromatic rings. The van der Waals surface area contributed by atoms with Crippen LogP contribution in [-0.4, -0.2) is 37.6 Å². The van der Waals surface area contributed by atoms with Crippen molar-refractivity contribution in [1.82, 2.24) is 4.90 Å². The van der Waals surface area contributed by atoms with Gasteiger partial charge in [0.25, 0.3) is 0 Å². The van der Waals surface area contributed by atoms with E-state index in [1.54, 1.807) is 6.07 Å². The van der Waals surface area contributed by atoms with E-state index in [0.717, 1.165) is 18.8 Å². The Kier molecular flexibility index (Phi) is 11.1. The minimum Gasteiger partial charge on any atom is -0.467 e. The first-order valence-electron chi connectivity index (χ1n) is 5.29. The predicted molar refractivity (Wildman–Crippen MR) is 74.5 cm³/mol. The Morgan fingerprint density at radius 3 is 2.67 bits per heavy atom. The molecule has 2 N–H and O–H groups in total. The van der Waals surface area contributed by atoms with E-state index in [4.69, 9.17) is 10.2 Å². The van der Waals surface area contributed by atoms with Crippen molar-refractivity contribution in [3.8, 4) is 0 Å². The van der Waals surface area contributed by atoms with Crippen LogP contribution in [0.5, 0.6) is 0 Å². The maximum absolute atomic E-state index is 11.2. The van der Waals surface area contributed by atoms with Gasteiger partial charge in [-0.1, -0.05) is 6.92 Å². The molecule has 0 saturated carbocycles. The highest BCUT2D eigenvalue weighted by Gasteiger charge is 2.11. The summed E-state index contributed by atoms with van der Waals surface area (Å²) in [5.74, 6) is 0.368. The van der Waals surface area contributed by atoms with Crippen molar-refractivity contribution in [2.24, 2.45) is 5.73 Å². The summed E-state index contributed by atoms with van der Waals surface area (Å²) < 4.78 is 9.88. The van der Waals surface area contributed by atoms with Gasteiger partial charge in [0, 0.05) is 13.1 Å². The maximum atomic E-state index is 11.2. The number of esters is 1. The Morgan fingerprint density at radius 2 is 2.17 bits per heavy atom. The molecule has 0 radical (unpaired) electrons. The summed E-state index contributed by atoms with van der Waals surface area (Å²) in [6.07, 6.45) is 1.41. The van der Waals surface area contributed by atoms with E-state index in [9.17, 15) is 4.79 Å². The lowest BCUT2D eigenvalue weighted by Gasteiger charge is -2.17. The van der Waals surface area contributed by atoms with E-state index in [1.165, 1.54) is 13.4 Å². The molecule has 7 heteroatoms. The molecule has 0 atom stereocenters. The Morgan fingerprint density at radius 1 is 1.50 bits per heavy atom. The lowest BCUT2D eigenvalue weighted by Crippen LogP contribution is -2.28. The van der Waals surface area contributed by atoms with Crippen molar-refractivity contribution < 1.29 is 13.9 Å². The zero-order valence-corrected chi connectivity index (χ0v) is 12.2. The molecule has 18 heavy (non-hydrogen) atoms. The fraction of sp³-hybridized carbons (Fsp3) is 0.545. The summed E-state index contributed by atoms with van der Waals surface area (Å²) >= 11 is 0. The first kappa shape index (κ1) is 19.6. The zero-order chi connectivity index (χ0) is 12.0. The third-order valence-electron chi connectivity index (χ3n) is 2.35. The lowest BCUT2D eigenvalue weighted by molar-refractivity contribution is 0.0600. The van der Waals surface area contributed by atoms with Crippen molar-refractivity contribution >= 4 is 30.8 Å². The van der Waals surface area contributed by atoms with Gasteiger partial charge in [0.1, 0.15) is 12.0 Å². The molecule has 0 amide bonds. The Bertz CT molecular complexity index is 345. The van der Waals surface area contributed by atoms with Gasteiger partial charge in [-0.25, -0.2) is 4.79 Å². The van der Waals surface area contributed by atoms with Crippen LogP contribution in [0.3, 0.4) is 0 Å². The van der Waals surface area contributed by atoms with Gasteiger partial charge in [0.2, 0.25) is 0 Å². The molecule has 0 fully saturated rings. The number of hydrogen-bond acceptors (Lipinski definition) is 5. The molecular formula is C11H20Cl2N2O3. The number of hydrogen-bond donors (Lipinski definition) is 1. The monoisotopic (exact) mass is 298 g/mol. The molecule has 1 rings (SSSR count). The average Bonchev–Trinajstić information content (AvgIpc) is 2.76. The number of methoxy groups -OCH3 is 1. The van der Waals surface area contributed by atoms with Crippen molar-refractivity contribution in [1.29, 1.82) is 0 Å². The summed E-state index contributed by atoms with van der Waals surface area (Å²) in [5, 5.41) is 0. The van der Waals surface area contributed by atoms with Gasteiger partial charge in [0.15, 0.2) is 0 Å². The molecule has 5 nitrogen and oxygen atoms in total. The number of likely N-dealkylation sites (N-methyl/N-ethyl adjacent to an activating group) is 1. The number of carbonyl (C=O) groups excluding carboxylic acids is 1. The second kappa shape index (κ2) is 10.2. The van der Waals surface area contributed by atoms with Crippen molar-refractivity contribution in [2.75, 3.05) is 26.7 Å². The molecule has 0 aliphatic rings. The highest BCUT2D eigenvalue weighted by molar-refractivity contribution is 5.88. The molecule has 106 valence electrons. The third-order valence-corrected chi connectivity index (χ3v) is 2.35. The summed E-state index contributed by atoms with van der Waals surface area (Å²) in [7, 11) is 1.35. The van der Waals surface area contributed by atoms with E-state index in [-0.39, 0.29) is 30.8 Å². The molecule has 0 aliphatic carbocycles. The van der Waals surface area contributed by atoms with Gasteiger partial charge in [0.05, 0.1) is 19.2 Å². The smallest absolute Gasteiger partial charge is 0.341 e. The van der Waals surface area contributed by atoms with Crippen LogP contribution in [0.25, 0.3) is 0 Å². The number of carbonyl (C=O) groups is 1. The second-order valence-corrected chi connectivity index (χ2v) is 3.45. The fourth-order valence-corrected chi connectivity index (χ4v) is 1.44. The number of furan rings is 1. The van der Waals surface area contributed by atoms with E-state index in [0.29, 0.717) is 18.7 Å². The van der Waals surface area contributed by atoms with Crippen molar-refractivity contribution in [2.45, 2.75) is 13.5 Å². The molecular weight excluding hydrogens is 279 g/mol. The molecule has 0 unspecified atom stereocenters. The van der Waals surface area contributed by atoms with Crippen LogP contribution < -0.4 is 5.73 Å². The normalized spacial score (nSPS) is 9.56. The van der Waals surface area contributed by atoms with Crippen molar-refractivity contribution in [3.63, 3.8) is 0 Å². The van der Waals surface area contributed by atoms with Crippen LogP contribution in [-0.2, 0) is 11.3 Å². The van der Waals surface area contributed by atoms with Gasteiger partial charge in [-0.2, -0.15) is 0 Å². The highest BCUT2D eigenvalue weighted by Crippen LogP contribution is 2.11. The average molecular weight is 299 g/mol. The zero-order valence-electron chi connectivity index (χ0n) is 10.5. The minimum absolute atomic E-state index is 0. The lowest BCUT2D eigenvalue weighted by atomic mass is 10.3. The summed E-state index contributed by atoms with van der Waals surface area (Å²) in [6.45, 7) is 5.03. The predicted octanol–water partition coefficient (Wildman–Crippen LogP) is 1.69. The van der Waals surface area contributed by atoms with Gasteiger partial charge < -0.3 is 14.9 Å². The van der Waals surface area contributed by atoms with Gasteiger partial charge >= 0.3 is 5.97 Å². The summed E-state index contributed by atoms with van der Waals surface area (Å²) in [6, 6.07) is 1.70. The Balaban J connectivity index is 0. The largest absolute Gasteiger partial charge is 0.467 e. The first-order valence-corrected chi connectivity index (χ1v) is 5.29. The van der Waals surface area contributed by atoms with E-state index < -0.39 is 0 Å². The standard InChI is InChI=1S/C11H18N2O3.2ClH/c1-3-13(5-4-12)7-10-6-9(8-16-10)11(14)15-2;;/h6,8H,3-5,7,12H2,1-2H3;2*1H. The Labute approximate surface area is 119 Å². The minimum atomic E-state index is -0.378. The quantitative estimate of drug-likeness (QED) is 0.810. The SMILES string of the molecule is CCN(CCN)Cc1cc(C(=O)OC)co1.Cl.Cl. The molecule has 0 bridgehead atoms.